The predicted molar refractivity (Wildman–Crippen MR) is 110 cm³/mol. The Morgan fingerprint density at radius 1 is 1.20 bits per heavy atom. The third kappa shape index (κ3) is 5.11. The highest BCUT2D eigenvalue weighted by molar-refractivity contribution is 7.13. The molecule has 0 unspecified atom stereocenters. The first kappa shape index (κ1) is 20.2. The van der Waals surface area contributed by atoms with Gasteiger partial charge in [0.15, 0.2) is 11.5 Å². The Kier molecular flexibility index (Phi) is 6.20. The van der Waals surface area contributed by atoms with Crippen LogP contribution in [0, 0.1) is 5.82 Å². The van der Waals surface area contributed by atoms with E-state index in [1.165, 1.54) is 23.5 Å². The molecule has 2 aromatic carbocycles. The molecule has 0 aliphatic carbocycles. The fraction of sp³-hybridized carbons (Fsp3) is 0.286. The standard InChI is InChI=1S/C21H21FN4O3S/c1-26(11-16-13-28-17-4-2-3-5-18(17)29-16)12-19-24-25-21(30-19)20(27)23-10-14-6-8-15(22)9-7-14/h2-9,16H,10-13H2,1H3,(H,23,27)/t16-/m1/s1. The maximum Gasteiger partial charge on any atom is 0.282 e. The molecule has 1 N–H and O–H groups in total. The van der Waals surface area contributed by atoms with E-state index in [9.17, 15) is 9.18 Å². The van der Waals surface area contributed by atoms with E-state index in [2.05, 4.69) is 20.4 Å². The van der Waals surface area contributed by atoms with Gasteiger partial charge in [-0.05, 0) is 36.9 Å². The summed E-state index contributed by atoms with van der Waals surface area (Å²) in [5.41, 5.74) is 0.811. The minimum absolute atomic E-state index is 0.0868. The summed E-state index contributed by atoms with van der Waals surface area (Å²) in [6.45, 7) is 1.98. The lowest BCUT2D eigenvalue weighted by Gasteiger charge is -2.29. The molecule has 7 nitrogen and oxygen atoms in total. The minimum atomic E-state index is -0.308. The quantitative estimate of drug-likeness (QED) is 0.624. The van der Waals surface area contributed by atoms with Crippen molar-refractivity contribution in [3.05, 3.63) is 69.9 Å². The summed E-state index contributed by atoms with van der Waals surface area (Å²) < 4.78 is 24.7. The van der Waals surface area contributed by atoms with Crippen LogP contribution in [0.3, 0.4) is 0 Å². The van der Waals surface area contributed by atoms with Gasteiger partial charge in [0.1, 0.15) is 23.5 Å². The predicted octanol–water partition coefficient (Wildman–Crippen LogP) is 2.88. The van der Waals surface area contributed by atoms with Gasteiger partial charge in [-0.2, -0.15) is 0 Å². The Bertz CT molecular complexity index is 1010. The van der Waals surface area contributed by atoms with Gasteiger partial charge < -0.3 is 14.8 Å². The summed E-state index contributed by atoms with van der Waals surface area (Å²) in [5, 5.41) is 11.9. The van der Waals surface area contributed by atoms with Gasteiger partial charge >= 0.3 is 0 Å². The van der Waals surface area contributed by atoms with Gasteiger partial charge in [-0.3, -0.25) is 9.69 Å². The van der Waals surface area contributed by atoms with Crippen molar-refractivity contribution in [3.63, 3.8) is 0 Å². The highest BCUT2D eigenvalue weighted by atomic mass is 32.1. The SMILES string of the molecule is CN(Cc1nnc(C(=O)NCc2ccc(F)cc2)s1)C[C@@H]1COc2ccccc2O1. The van der Waals surface area contributed by atoms with Crippen molar-refractivity contribution in [2.24, 2.45) is 0 Å². The van der Waals surface area contributed by atoms with Crippen LogP contribution >= 0.6 is 11.3 Å². The van der Waals surface area contributed by atoms with Crippen LogP contribution < -0.4 is 14.8 Å². The van der Waals surface area contributed by atoms with Gasteiger partial charge in [0.25, 0.3) is 5.91 Å². The lowest BCUT2D eigenvalue weighted by Crippen LogP contribution is -2.39. The van der Waals surface area contributed by atoms with Crippen LogP contribution in [0.1, 0.15) is 20.4 Å². The zero-order chi connectivity index (χ0) is 20.9. The Morgan fingerprint density at radius 2 is 1.97 bits per heavy atom. The molecule has 2 heterocycles. The second-order valence-corrected chi connectivity index (χ2v) is 8.07. The number of nitrogens with one attached hydrogen (secondary N) is 1. The van der Waals surface area contributed by atoms with E-state index in [-0.39, 0.29) is 17.8 Å². The maximum absolute atomic E-state index is 12.9. The summed E-state index contributed by atoms with van der Waals surface area (Å²) in [5.74, 6) is 0.902. The zero-order valence-electron chi connectivity index (χ0n) is 16.4. The molecule has 30 heavy (non-hydrogen) atoms. The molecule has 9 heteroatoms. The molecule has 3 aromatic rings. The molecule has 1 aliphatic rings. The molecule has 1 aliphatic heterocycles. The molecule has 0 spiro atoms. The normalized spacial score (nSPS) is 15.2. The molecule has 0 bridgehead atoms. The largest absolute Gasteiger partial charge is 0.486 e. The molecule has 4 rings (SSSR count). The number of aromatic nitrogens is 2. The summed E-state index contributed by atoms with van der Waals surface area (Å²) in [6.07, 6.45) is -0.0868. The summed E-state index contributed by atoms with van der Waals surface area (Å²) in [7, 11) is 1.96. The number of amides is 1. The molecule has 1 amide bonds. The molecular formula is C21H21FN4O3S. The summed E-state index contributed by atoms with van der Waals surface area (Å²) >= 11 is 1.25. The van der Waals surface area contributed by atoms with Crippen molar-refractivity contribution in [1.29, 1.82) is 0 Å². The van der Waals surface area contributed by atoms with E-state index in [1.807, 2.05) is 31.3 Å². The van der Waals surface area contributed by atoms with Gasteiger partial charge in [0.05, 0.1) is 6.54 Å². The van der Waals surface area contributed by atoms with E-state index < -0.39 is 0 Å². The smallest absolute Gasteiger partial charge is 0.282 e. The summed E-state index contributed by atoms with van der Waals surface area (Å²) in [4.78, 5) is 14.3. The highest BCUT2D eigenvalue weighted by Gasteiger charge is 2.22. The lowest BCUT2D eigenvalue weighted by molar-refractivity contribution is 0.0637. The van der Waals surface area contributed by atoms with Gasteiger partial charge in [-0.25, -0.2) is 4.39 Å². The van der Waals surface area contributed by atoms with E-state index >= 15 is 0 Å². The number of carbonyl (C=O) groups excluding carboxylic acids is 1. The third-order valence-corrected chi connectivity index (χ3v) is 5.42. The number of hydrogen-bond acceptors (Lipinski definition) is 7. The zero-order valence-corrected chi connectivity index (χ0v) is 17.2. The van der Waals surface area contributed by atoms with Crippen LogP contribution in [0.25, 0.3) is 0 Å². The van der Waals surface area contributed by atoms with E-state index in [1.54, 1.807) is 12.1 Å². The van der Waals surface area contributed by atoms with Crippen LogP contribution in [-0.2, 0) is 13.1 Å². The number of halogens is 1. The van der Waals surface area contributed by atoms with E-state index in [0.29, 0.717) is 31.2 Å². The number of para-hydroxylation sites is 2. The number of fused-ring (bicyclic) bond motifs is 1. The number of benzene rings is 2. The van der Waals surface area contributed by atoms with Crippen LogP contribution in [0.2, 0.25) is 0 Å². The Labute approximate surface area is 177 Å². The van der Waals surface area contributed by atoms with Crippen molar-refractivity contribution < 1.29 is 18.7 Å². The van der Waals surface area contributed by atoms with Gasteiger partial charge in [-0.15, -0.1) is 10.2 Å². The first-order valence-electron chi connectivity index (χ1n) is 9.49. The highest BCUT2D eigenvalue weighted by Crippen LogP contribution is 2.31. The summed E-state index contributed by atoms with van der Waals surface area (Å²) in [6, 6.07) is 13.6. The van der Waals surface area contributed by atoms with Crippen LogP contribution in [0.15, 0.2) is 48.5 Å². The van der Waals surface area contributed by atoms with Crippen molar-refractivity contribution in [2.75, 3.05) is 20.2 Å². The van der Waals surface area contributed by atoms with Crippen LogP contribution in [-0.4, -0.2) is 47.3 Å². The maximum atomic E-state index is 12.9. The first-order valence-corrected chi connectivity index (χ1v) is 10.3. The number of likely N-dealkylation sites (N-methyl/N-ethyl adjacent to an activating group) is 1. The number of ether oxygens (including phenoxy) is 2. The van der Waals surface area contributed by atoms with Gasteiger partial charge in [-0.1, -0.05) is 35.6 Å². The second kappa shape index (κ2) is 9.19. The Hall–Kier alpha value is -3.04. The van der Waals surface area contributed by atoms with E-state index in [0.717, 1.165) is 22.1 Å². The lowest BCUT2D eigenvalue weighted by atomic mass is 10.2. The van der Waals surface area contributed by atoms with Crippen LogP contribution in [0.4, 0.5) is 4.39 Å². The average Bonchev–Trinajstić information content (AvgIpc) is 3.21. The van der Waals surface area contributed by atoms with Crippen LogP contribution in [0.5, 0.6) is 11.5 Å². The van der Waals surface area contributed by atoms with Crippen molar-refractivity contribution in [1.82, 2.24) is 20.4 Å². The molecular weight excluding hydrogens is 407 g/mol. The number of hydrogen-bond donors (Lipinski definition) is 1. The topological polar surface area (TPSA) is 76.6 Å². The van der Waals surface area contributed by atoms with Crippen molar-refractivity contribution in [3.8, 4) is 11.5 Å². The molecule has 0 fully saturated rings. The van der Waals surface area contributed by atoms with E-state index in [4.69, 9.17) is 9.47 Å². The monoisotopic (exact) mass is 428 g/mol. The third-order valence-electron chi connectivity index (χ3n) is 4.52. The number of carbonyl (C=O) groups is 1. The van der Waals surface area contributed by atoms with Gasteiger partial charge in [0, 0.05) is 13.1 Å². The molecule has 1 aromatic heterocycles. The molecule has 0 saturated heterocycles. The molecule has 0 saturated carbocycles. The number of nitrogens with zero attached hydrogens (tertiary/aromatic N) is 3. The van der Waals surface area contributed by atoms with Crippen molar-refractivity contribution in [2.45, 2.75) is 19.2 Å². The number of rotatable bonds is 7. The minimum Gasteiger partial charge on any atom is -0.486 e. The Balaban J connectivity index is 1.26. The van der Waals surface area contributed by atoms with Gasteiger partial charge in [0.2, 0.25) is 5.01 Å². The molecule has 0 radical (unpaired) electrons. The molecule has 1 atom stereocenters. The fourth-order valence-electron chi connectivity index (χ4n) is 3.07. The first-order chi connectivity index (χ1) is 14.6. The average molecular weight is 428 g/mol. The molecule has 156 valence electrons. The van der Waals surface area contributed by atoms with Crippen molar-refractivity contribution >= 4 is 17.2 Å². The Morgan fingerprint density at radius 3 is 2.77 bits per heavy atom. The second-order valence-electron chi connectivity index (χ2n) is 7.00. The fourth-order valence-corrected chi connectivity index (χ4v) is 3.90.